The summed E-state index contributed by atoms with van der Waals surface area (Å²) in [6, 6.07) is 1.73. The van der Waals surface area contributed by atoms with Crippen LogP contribution in [-0.2, 0) is 9.47 Å². The lowest BCUT2D eigenvalue weighted by molar-refractivity contribution is 0.00809. The summed E-state index contributed by atoms with van der Waals surface area (Å²) >= 11 is 0. The first kappa shape index (κ1) is 39.0. The maximum atomic E-state index is 12.1. The summed E-state index contributed by atoms with van der Waals surface area (Å²) in [5, 5.41) is 15.7. The van der Waals surface area contributed by atoms with E-state index in [2.05, 4.69) is 51.8 Å². The first-order valence-corrected chi connectivity index (χ1v) is 16.1. The molecule has 18 nitrogen and oxygen atoms in total. The number of aromatic nitrogens is 4. The molecule has 0 bridgehead atoms. The Hall–Kier alpha value is -5.16. The summed E-state index contributed by atoms with van der Waals surface area (Å²) in [6.07, 6.45) is 3.72. The van der Waals surface area contributed by atoms with Crippen molar-refractivity contribution in [3.05, 3.63) is 44.2 Å². The average Bonchev–Trinajstić information content (AvgIpc) is 2.98. The maximum Gasteiger partial charge on any atom is 0.407 e. The molecule has 2 heterocycles. The predicted octanol–water partition coefficient (Wildman–Crippen LogP) is 2.76. The Labute approximate surface area is 278 Å². The lowest BCUT2D eigenvalue weighted by Gasteiger charge is -2.21. The second-order valence-corrected chi connectivity index (χ2v) is 11.1. The molecule has 18 heteroatoms. The molecule has 2 aromatic rings. The van der Waals surface area contributed by atoms with Gasteiger partial charge in [0.25, 0.3) is 11.1 Å². The van der Waals surface area contributed by atoms with Crippen molar-refractivity contribution in [3.8, 4) is 0 Å². The molecule has 0 aliphatic rings. The molecule has 2 rings (SSSR count). The largest absolute Gasteiger partial charge is 0.443 e. The molecule has 0 fully saturated rings. The quantitative estimate of drug-likeness (QED) is 0.101. The molecule has 0 aromatic carbocycles. The van der Waals surface area contributed by atoms with Crippen molar-refractivity contribution in [2.75, 3.05) is 36.8 Å². The highest BCUT2D eigenvalue weighted by Gasteiger charge is 2.20. The smallest absolute Gasteiger partial charge is 0.407 e. The van der Waals surface area contributed by atoms with Gasteiger partial charge in [0.15, 0.2) is 0 Å². The van der Waals surface area contributed by atoms with Gasteiger partial charge in [0.2, 0.25) is 11.9 Å². The fourth-order valence-electron chi connectivity index (χ4n) is 4.18. The Morgan fingerprint density at radius 1 is 0.604 bits per heavy atom. The standard InChI is InChI=1S/C30H48N10O8/c1-19-17-23(41)37-25(35-19)39-27(43)31-13-9-5-7-11-15-33-29(45)47-21(3)22(4)48-30(46)34-16-12-8-6-10-14-32-28(44)40-26-36-20(2)18-24(42)38-26/h17-18,21-22H,5-16H2,1-4H3,(H,33,45)(H,34,46)(H3,31,35,37,39,41,43)(H3,32,36,38,40,42,44)/t21-,22-/m1/s1. The van der Waals surface area contributed by atoms with Gasteiger partial charge in [0, 0.05) is 49.7 Å². The van der Waals surface area contributed by atoms with Crippen molar-refractivity contribution >= 4 is 36.1 Å². The van der Waals surface area contributed by atoms with E-state index in [9.17, 15) is 28.8 Å². The number of aromatic amines is 2. The van der Waals surface area contributed by atoms with Crippen LogP contribution in [0.5, 0.6) is 0 Å². The summed E-state index contributed by atoms with van der Waals surface area (Å²) in [5.74, 6) is 0.172. The second kappa shape index (κ2) is 21.6. The molecule has 8 N–H and O–H groups in total. The monoisotopic (exact) mass is 676 g/mol. The Bertz CT molecular complexity index is 1340. The van der Waals surface area contributed by atoms with E-state index < -0.39 is 36.5 Å². The van der Waals surface area contributed by atoms with E-state index >= 15 is 0 Å². The van der Waals surface area contributed by atoms with E-state index in [1.165, 1.54) is 12.1 Å². The Morgan fingerprint density at radius 3 is 1.27 bits per heavy atom. The van der Waals surface area contributed by atoms with Crippen LogP contribution in [0.3, 0.4) is 0 Å². The summed E-state index contributed by atoms with van der Waals surface area (Å²) < 4.78 is 10.6. The van der Waals surface area contributed by atoms with Gasteiger partial charge < -0.3 is 30.7 Å². The van der Waals surface area contributed by atoms with Crippen molar-refractivity contribution in [2.45, 2.75) is 91.3 Å². The number of unbranched alkanes of at least 4 members (excludes halogenated alkanes) is 6. The van der Waals surface area contributed by atoms with E-state index in [0.29, 0.717) is 37.6 Å². The maximum absolute atomic E-state index is 12.1. The highest BCUT2D eigenvalue weighted by Crippen LogP contribution is 2.05. The number of rotatable bonds is 19. The fourth-order valence-corrected chi connectivity index (χ4v) is 4.18. The molecule has 0 aliphatic carbocycles. The SMILES string of the molecule is Cc1cc(=O)[nH]c(NC(=O)NCCCCCCNC(=O)O[C@H](C)[C@@H](C)OC(=O)NCCCCCCNC(=O)Nc2nc(C)cc(=O)[nH]2)n1. The van der Waals surface area contributed by atoms with Gasteiger partial charge in [-0.1, -0.05) is 25.7 Å². The van der Waals surface area contributed by atoms with E-state index in [1.54, 1.807) is 27.7 Å². The highest BCUT2D eigenvalue weighted by molar-refractivity contribution is 5.87. The number of nitrogens with zero attached hydrogens (tertiary/aromatic N) is 2. The van der Waals surface area contributed by atoms with Crippen molar-refractivity contribution in [2.24, 2.45) is 0 Å². The third-order valence-corrected chi connectivity index (χ3v) is 6.77. The van der Waals surface area contributed by atoms with E-state index in [0.717, 1.165) is 51.4 Å². The Balaban J connectivity index is 1.42. The lowest BCUT2D eigenvalue weighted by atomic mass is 10.2. The minimum absolute atomic E-state index is 0.0858. The molecule has 0 aliphatic heterocycles. The van der Waals surface area contributed by atoms with Gasteiger partial charge in [-0.3, -0.25) is 30.2 Å². The highest BCUT2D eigenvalue weighted by atomic mass is 16.6. The van der Waals surface area contributed by atoms with Crippen LogP contribution in [0.1, 0.15) is 76.6 Å². The van der Waals surface area contributed by atoms with Gasteiger partial charge in [-0.15, -0.1) is 0 Å². The number of alkyl carbamates (subject to hydrolysis) is 2. The summed E-state index contributed by atoms with van der Waals surface area (Å²) in [4.78, 5) is 83.8. The molecule has 266 valence electrons. The number of carbonyl (C=O) groups is 4. The number of aryl methyl sites for hydroxylation is 2. The summed E-state index contributed by atoms with van der Waals surface area (Å²) in [6.45, 7) is 8.30. The molecule has 0 radical (unpaired) electrons. The predicted molar refractivity (Wildman–Crippen MR) is 178 cm³/mol. The number of hydrogen-bond donors (Lipinski definition) is 8. The number of anilines is 2. The molecule has 2 atom stereocenters. The Morgan fingerprint density at radius 2 is 0.938 bits per heavy atom. The van der Waals surface area contributed by atoms with Crippen molar-refractivity contribution < 1.29 is 28.7 Å². The molecule has 0 saturated heterocycles. The van der Waals surface area contributed by atoms with Crippen LogP contribution in [0.25, 0.3) is 0 Å². The number of amides is 6. The molecular formula is C30H48N10O8. The van der Waals surface area contributed by atoms with Crippen LogP contribution in [0.2, 0.25) is 0 Å². The van der Waals surface area contributed by atoms with Gasteiger partial charge in [-0.2, -0.15) is 0 Å². The first-order valence-electron chi connectivity index (χ1n) is 16.1. The lowest BCUT2D eigenvalue weighted by Crippen LogP contribution is -2.37. The van der Waals surface area contributed by atoms with Crippen LogP contribution < -0.4 is 43.0 Å². The molecule has 2 aromatic heterocycles. The van der Waals surface area contributed by atoms with Crippen LogP contribution in [0.4, 0.5) is 31.1 Å². The zero-order valence-corrected chi connectivity index (χ0v) is 28.0. The number of carbonyl (C=O) groups excluding carboxylic acids is 4. The number of hydrogen-bond acceptors (Lipinski definition) is 10. The van der Waals surface area contributed by atoms with Crippen molar-refractivity contribution in [1.29, 1.82) is 0 Å². The summed E-state index contributed by atoms with van der Waals surface area (Å²) in [5.41, 5.74) is 0.305. The van der Waals surface area contributed by atoms with E-state index in [1.807, 2.05) is 0 Å². The molecule has 0 saturated carbocycles. The molecule has 48 heavy (non-hydrogen) atoms. The van der Waals surface area contributed by atoms with Gasteiger partial charge in [-0.05, 0) is 53.4 Å². The topological polar surface area (TPSA) is 250 Å². The minimum atomic E-state index is -0.660. The van der Waals surface area contributed by atoms with Crippen molar-refractivity contribution in [1.82, 2.24) is 41.2 Å². The van der Waals surface area contributed by atoms with Crippen LogP contribution in [0.15, 0.2) is 21.7 Å². The molecule has 0 spiro atoms. The number of H-pyrrole nitrogens is 2. The Kier molecular flexibility index (Phi) is 17.6. The van der Waals surface area contributed by atoms with Gasteiger partial charge in [0.05, 0.1) is 0 Å². The summed E-state index contributed by atoms with van der Waals surface area (Å²) in [7, 11) is 0. The number of nitrogens with one attached hydrogen (secondary N) is 8. The van der Waals surface area contributed by atoms with Gasteiger partial charge in [0.1, 0.15) is 12.2 Å². The van der Waals surface area contributed by atoms with E-state index in [-0.39, 0.29) is 23.0 Å². The number of urea groups is 2. The molecule has 0 unspecified atom stereocenters. The van der Waals surface area contributed by atoms with E-state index in [4.69, 9.17) is 9.47 Å². The fraction of sp³-hybridized carbons (Fsp3) is 0.600. The first-order chi connectivity index (χ1) is 22.9. The minimum Gasteiger partial charge on any atom is -0.443 e. The number of ether oxygens (including phenoxy) is 2. The second-order valence-electron chi connectivity index (χ2n) is 11.1. The van der Waals surface area contributed by atoms with Gasteiger partial charge >= 0.3 is 24.2 Å². The zero-order valence-electron chi connectivity index (χ0n) is 28.0. The molecule has 6 amide bonds. The van der Waals surface area contributed by atoms with Crippen molar-refractivity contribution in [3.63, 3.8) is 0 Å². The van der Waals surface area contributed by atoms with Crippen LogP contribution in [0, 0.1) is 13.8 Å². The average molecular weight is 677 g/mol. The van der Waals surface area contributed by atoms with Crippen LogP contribution in [-0.4, -0.2) is 82.6 Å². The van der Waals surface area contributed by atoms with Gasteiger partial charge in [-0.25, -0.2) is 29.1 Å². The third kappa shape index (κ3) is 17.5. The third-order valence-electron chi connectivity index (χ3n) is 6.77. The normalized spacial score (nSPS) is 11.8. The molecular weight excluding hydrogens is 628 g/mol. The van der Waals surface area contributed by atoms with Crippen LogP contribution >= 0.6 is 0 Å². The zero-order chi connectivity index (χ0) is 35.3.